The van der Waals surface area contributed by atoms with Crippen molar-refractivity contribution in [1.29, 1.82) is 0 Å². The number of para-hydroxylation sites is 1. The number of nitrogens with one attached hydrogen (secondary N) is 1. The average molecular weight is 311 g/mol. The number of aryl methyl sites for hydroxylation is 1. The molecule has 0 aliphatic heterocycles. The SMILES string of the molecule is Cc1nc(CCNc2cccc(S(C)(=O)=O)c2N)cs1. The molecule has 7 heteroatoms. The Bertz CT molecular complexity index is 708. The number of rotatable bonds is 5. The first-order valence-electron chi connectivity index (χ1n) is 6.11. The van der Waals surface area contributed by atoms with Crippen LogP contribution in [0.15, 0.2) is 28.5 Å². The first-order valence-corrected chi connectivity index (χ1v) is 8.88. The molecule has 108 valence electrons. The Labute approximate surface area is 122 Å². The summed E-state index contributed by atoms with van der Waals surface area (Å²) < 4.78 is 23.2. The summed E-state index contributed by atoms with van der Waals surface area (Å²) >= 11 is 1.62. The van der Waals surface area contributed by atoms with E-state index >= 15 is 0 Å². The number of thiazole rings is 1. The number of nitrogens with two attached hydrogens (primary N) is 1. The minimum Gasteiger partial charge on any atom is -0.396 e. The molecule has 3 N–H and O–H groups in total. The largest absolute Gasteiger partial charge is 0.396 e. The van der Waals surface area contributed by atoms with Crippen LogP contribution in [-0.4, -0.2) is 26.2 Å². The van der Waals surface area contributed by atoms with E-state index in [1.165, 1.54) is 6.07 Å². The summed E-state index contributed by atoms with van der Waals surface area (Å²) in [6.45, 7) is 2.62. The number of benzene rings is 1. The van der Waals surface area contributed by atoms with Crippen molar-refractivity contribution in [2.45, 2.75) is 18.2 Å². The fraction of sp³-hybridized carbons (Fsp3) is 0.308. The summed E-state index contributed by atoms with van der Waals surface area (Å²) in [5.41, 5.74) is 7.83. The van der Waals surface area contributed by atoms with E-state index in [9.17, 15) is 8.42 Å². The minimum absolute atomic E-state index is 0.159. The first-order chi connectivity index (χ1) is 9.38. The molecule has 0 amide bonds. The van der Waals surface area contributed by atoms with Crippen molar-refractivity contribution in [2.75, 3.05) is 23.9 Å². The van der Waals surface area contributed by atoms with Gasteiger partial charge in [-0.1, -0.05) is 6.07 Å². The van der Waals surface area contributed by atoms with Gasteiger partial charge in [0.05, 0.1) is 27.0 Å². The maximum atomic E-state index is 11.6. The topological polar surface area (TPSA) is 85.1 Å². The third kappa shape index (κ3) is 3.49. The van der Waals surface area contributed by atoms with E-state index in [0.29, 0.717) is 12.2 Å². The van der Waals surface area contributed by atoms with Crippen LogP contribution in [0.2, 0.25) is 0 Å². The minimum atomic E-state index is -3.31. The van der Waals surface area contributed by atoms with Crippen LogP contribution in [0.5, 0.6) is 0 Å². The third-order valence-corrected chi connectivity index (χ3v) is 4.81. The monoisotopic (exact) mass is 311 g/mol. The molecule has 0 unspecified atom stereocenters. The van der Waals surface area contributed by atoms with Gasteiger partial charge in [0.25, 0.3) is 0 Å². The van der Waals surface area contributed by atoms with Gasteiger partial charge in [0.1, 0.15) is 0 Å². The van der Waals surface area contributed by atoms with Gasteiger partial charge in [-0.2, -0.15) is 0 Å². The van der Waals surface area contributed by atoms with E-state index in [4.69, 9.17) is 5.73 Å². The van der Waals surface area contributed by atoms with Gasteiger partial charge in [0.15, 0.2) is 9.84 Å². The summed E-state index contributed by atoms with van der Waals surface area (Å²) in [6, 6.07) is 4.97. The molecule has 1 aromatic carbocycles. The number of aromatic nitrogens is 1. The van der Waals surface area contributed by atoms with Crippen LogP contribution in [-0.2, 0) is 16.3 Å². The zero-order valence-corrected chi connectivity index (χ0v) is 13.0. The number of nitrogens with zero attached hydrogens (tertiary/aromatic N) is 1. The van der Waals surface area contributed by atoms with Crippen molar-refractivity contribution in [3.05, 3.63) is 34.3 Å². The highest BCUT2D eigenvalue weighted by atomic mass is 32.2. The van der Waals surface area contributed by atoms with Gasteiger partial charge in [0.2, 0.25) is 0 Å². The van der Waals surface area contributed by atoms with Crippen LogP contribution in [0.4, 0.5) is 11.4 Å². The predicted octanol–water partition coefficient (Wildman–Crippen LogP) is 2.09. The lowest BCUT2D eigenvalue weighted by atomic mass is 10.2. The molecular formula is C13H17N3O2S2. The van der Waals surface area contributed by atoms with Crippen molar-refractivity contribution in [1.82, 2.24) is 4.98 Å². The second-order valence-corrected chi connectivity index (χ2v) is 7.57. The van der Waals surface area contributed by atoms with E-state index in [1.807, 2.05) is 12.3 Å². The molecule has 2 aromatic rings. The quantitative estimate of drug-likeness (QED) is 0.826. The van der Waals surface area contributed by atoms with E-state index in [1.54, 1.807) is 23.5 Å². The molecule has 0 radical (unpaired) electrons. The average Bonchev–Trinajstić information content (AvgIpc) is 2.76. The normalized spacial score (nSPS) is 11.5. The number of nitrogen functional groups attached to an aromatic ring is 1. The lowest BCUT2D eigenvalue weighted by Gasteiger charge is -2.11. The van der Waals surface area contributed by atoms with E-state index in [0.717, 1.165) is 23.4 Å². The fourth-order valence-electron chi connectivity index (χ4n) is 1.87. The van der Waals surface area contributed by atoms with Crippen LogP contribution in [0.25, 0.3) is 0 Å². The standard InChI is InChI=1S/C13H17N3O2S2/c1-9-16-10(8-19-9)6-7-15-11-4-3-5-12(13(11)14)20(2,17)18/h3-5,8,15H,6-7,14H2,1-2H3. The van der Waals surface area contributed by atoms with Crippen molar-refractivity contribution in [3.8, 4) is 0 Å². The lowest BCUT2D eigenvalue weighted by molar-refractivity contribution is 0.602. The molecule has 1 aromatic heterocycles. The molecule has 0 spiro atoms. The highest BCUT2D eigenvalue weighted by Gasteiger charge is 2.13. The maximum Gasteiger partial charge on any atom is 0.177 e. The first kappa shape index (κ1) is 14.8. The van der Waals surface area contributed by atoms with Crippen LogP contribution in [0.3, 0.4) is 0 Å². The summed E-state index contributed by atoms with van der Waals surface area (Å²) in [6.07, 6.45) is 1.92. The molecular weight excluding hydrogens is 294 g/mol. The van der Waals surface area contributed by atoms with E-state index < -0.39 is 9.84 Å². The van der Waals surface area contributed by atoms with Crippen LogP contribution in [0, 0.1) is 6.92 Å². The molecule has 5 nitrogen and oxygen atoms in total. The van der Waals surface area contributed by atoms with Crippen molar-refractivity contribution in [3.63, 3.8) is 0 Å². The molecule has 0 saturated heterocycles. The van der Waals surface area contributed by atoms with Crippen LogP contribution in [0.1, 0.15) is 10.7 Å². The Balaban J connectivity index is 2.07. The van der Waals surface area contributed by atoms with Crippen molar-refractivity contribution in [2.24, 2.45) is 0 Å². The zero-order chi connectivity index (χ0) is 14.8. The zero-order valence-electron chi connectivity index (χ0n) is 11.4. The Morgan fingerprint density at radius 3 is 2.75 bits per heavy atom. The molecule has 0 saturated carbocycles. The number of sulfone groups is 1. The Hall–Kier alpha value is -1.60. The smallest absolute Gasteiger partial charge is 0.177 e. The molecule has 20 heavy (non-hydrogen) atoms. The van der Waals surface area contributed by atoms with Crippen LogP contribution < -0.4 is 11.1 Å². The van der Waals surface area contributed by atoms with Gasteiger partial charge in [-0.05, 0) is 19.1 Å². The molecule has 0 bridgehead atoms. The second kappa shape index (κ2) is 5.80. The van der Waals surface area contributed by atoms with Gasteiger partial charge in [-0.25, -0.2) is 13.4 Å². The van der Waals surface area contributed by atoms with E-state index in [-0.39, 0.29) is 10.6 Å². The predicted molar refractivity (Wildman–Crippen MR) is 83.0 cm³/mol. The summed E-state index contributed by atoms with van der Waals surface area (Å²) in [5, 5.41) is 6.22. The highest BCUT2D eigenvalue weighted by molar-refractivity contribution is 7.90. The lowest BCUT2D eigenvalue weighted by Crippen LogP contribution is -2.10. The Morgan fingerprint density at radius 2 is 2.15 bits per heavy atom. The molecule has 1 heterocycles. The van der Waals surface area contributed by atoms with Gasteiger partial charge in [0, 0.05) is 24.6 Å². The molecule has 0 fully saturated rings. The summed E-state index contributed by atoms with van der Waals surface area (Å²) in [4.78, 5) is 4.53. The summed E-state index contributed by atoms with van der Waals surface area (Å²) in [5.74, 6) is 0. The number of hydrogen-bond donors (Lipinski definition) is 2. The number of hydrogen-bond acceptors (Lipinski definition) is 6. The van der Waals surface area contributed by atoms with Crippen LogP contribution >= 0.6 is 11.3 Å². The molecule has 0 aliphatic rings. The maximum absolute atomic E-state index is 11.6. The fourth-order valence-corrected chi connectivity index (χ4v) is 3.35. The van der Waals surface area contributed by atoms with Gasteiger partial charge >= 0.3 is 0 Å². The van der Waals surface area contributed by atoms with E-state index in [2.05, 4.69) is 10.3 Å². The van der Waals surface area contributed by atoms with Gasteiger partial charge in [-0.3, -0.25) is 0 Å². The Kier molecular flexibility index (Phi) is 4.29. The summed E-state index contributed by atoms with van der Waals surface area (Å²) in [7, 11) is -3.31. The molecule has 2 rings (SSSR count). The molecule has 0 aliphatic carbocycles. The van der Waals surface area contributed by atoms with Gasteiger partial charge in [-0.15, -0.1) is 11.3 Å². The van der Waals surface area contributed by atoms with Crippen molar-refractivity contribution >= 4 is 32.5 Å². The molecule has 0 atom stereocenters. The second-order valence-electron chi connectivity index (χ2n) is 4.52. The number of anilines is 2. The van der Waals surface area contributed by atoms with Crippen molar-refractivity contribution < 1.29 is 8.42 Å². The highest BCUT2D eigenvalue weighted by Crippen LogP contribution is 2.26. The Morgan fingerprint density at radius 1 is 1.40 bits per heavy atom. The third-order valence-electron chi connectivity index (χ3n) is 2.83. The van der Waals surface area contributed by atoms with Gasteiger partial charge < -0.3 is 11.1 Å².